The van der Waals surface area contributed by atoms with Gasteiger partial charge < -0.3 is 9.52 Å². The number of imide groups is 2. The molecule has 0 radical (unpaired) electrons. The molecule has 4 aliphatic rings. The van der Waals surface area contributed by atoms with Crippen LogP contribution >= 0.6 is 11.6 Å². The maximum Gasteiger partial charge on any atom is 0.241 e. The molecule has 2 aliphatic heterocycles. The van der Waals surface area contributed by atoms with E-state index in [1.54, 1.807) is 67.6 Å². The summed E-state index contributed by atoms with van der Waals surface area (Å²) in [4.78, 5) is 64.4. The number of aromatic nitrogens is 1. The van der Waals surface area contributed by atoms with Crippen LogP contribution in [0.3, 0.4) is 0 Å². The Morgan fingerprint density at radius 1 is 0.820 bits per heavy atom. The molecule has 2 aliphatic carbocycles. The molecule has 2 saturated heterocycles. The average molecular weight is 684 g/mol. The van der Waals surface area contributed by atoms with Crippen molar-refractivity contribution in [3.05, 3.63) is 119 Å². The number of phenolic OH excluding ortho intramolecular Hbond substituents is 1. The van der Waals surface area contributed by atoms with Gasteiger partial charge in [-0.15, -0.1) is 0 Å². The molecule has 5 aromatic rings. The third-order valence-corrected chi connectivity index (χ3v) is 11.5. The maximum absolute atomic E-state index is 14.5. The van der Waals surface area contributed by atoms with E-state index >= 15 is 0 Å². The Kier molecular flexibility index (Phi) is 6.70. The normalized spacial score (nSPS) is 27.4. The van der Waals surface area contributed by atoms with Gasteiger partial charge in [-0.2, -0.15) is 0 Å². The summed E-state index contributed by atoms with van der Waals surface area (Å²) in [6.07, 6.45) is 2.44. The molecule has 1 N–H and O–H groups in total. The molecule has 4 aromatic carbocycles. The predicted molar refractivity (Wildman–Crippen MR) is 186 cm³/mol. The Morgan fingerprint density at radius 3 is 2.30 bits per heavy atom. The number of benzene rings is 4. The summed E-state index contributed by atoms with van der Waals surface area (Å²) in [6.45, 7) is 1.78. The molecule has 50 heavy (non-hydrogen) atoms. The van der Waals surface area contributed by atoms with E-state index in [1.807, 2.05) is 36.4 Å². The molecule has 4 amide bonds. The van der Waals surface area contributed by atoms with Crippen LogP contribution in [0.25, 0.3) is 22.6 Å². The van der Waals surface area contributed by atoms with Crippen molar-refractivity contribution < 1.29 is 28.7 Å². The highest BCUT2D eigenvalue weighted by Gasteiger charge is 2.68. The van der Waals surface area contributed by atoms with Gasteiger partial charge in [0.2, 0.25) is 29.5 Å². The molecule has 1 aromatic heterocycles. The molecular formula is C40H30ClN3O6. The van der Waals surface area contributed by atoms with E-state index in [2.05, 4.69) is 4.98 Å². The number of carbonyl (C=O) groups is 4. The molecule has 1 saturated carbocycles. The van der Waals surface area contributed by atoms with Crippen molar-refractivity contribution in [1.82, 2.24) is 4.98 Å². The van der Waals surface area contributed by atoms with Gasteiger partial charge in [-0.1, -0.05) is 53.6 Å². The quantitative estimate of drug-likeness (QED) is 0.156. The van der Waals surface area contributed by atoms with Gasteiger partial charge in [0.05, 0.1) is 34.5 Å². The molecule has 0 bridgehead atoms. The van der Waals surface area contributed by atoms with E-state index in [4.69, 9.17) is 16.0 Å². The summed E-state index contributed by atoms with van der Waals surface area (Å²) >= 11 is 6.47. The van der Waals surface area contributed by atoms with Crippen LogP contribution in [0.5, 0.6) is 5.75 Å². The monoisotopic (exact) mass is 683 g/mol. The van der Waals surface area contributed by atoms with Crippen molar-refractivity contribution in [2.24, 2.45) is 29.1 Å². The zero-order valence-corrected chi connectivity index (χ0v) is 27.6. The minimum atomic E-state index is -1.28. The fraction of sp³-hybridized carbons (Fsp3) is 0.225. The topological polar surface area (TPSA) is 121 Å². The number of para-hydroxylation sites is 3. The first kappa shape index (κ1) is 30.5. The Balaban J connectivity index is 1.10. The van der Waals surface area contributed by atoms with Gasteiger partial charge >= 0.3 is 0 Å². The smallest absolute Gasteiger partial charge is 0.241 e. The van der Waals surface area contributed by atoms with E-state index in [1.165, 1.54) is 15.9 Å². The number of rotatable bonds is 4. The van der Waals surface area contributed by atoms with E-state index in [-0.39, 0.29) is 42.2 Å². The Bertz CT molecular complexity index is 2270. The number of amides is 4. The van der Waals surface area contributed by atoms with E-state index in [9.17, 15) is 24.3 Å². The van der Waals surface area contributed by atoms with Crippen molar-refractivity contribution in [3.8, 4) is 17.2 Å². The molecule has 3 fully saturated rings. The number of halogens is 1. The second-order valence-electron chi connectivity index (χ2n) is 13.7. The van der Waals surface area contributed by atoms with Gasteiger partial charge in [0, 0.05) is 22.1 Å². The van der Waals surface area contributed by atoms with E-state index in [0.717, 1.165) is 11.1 Å². The number of aromatic hydroxyl groups is 1. The molecule has 9 nitrogen and oxygen atoms in total. The maximum atomic E-state index is 14.5. The summed E-state index contributed by atoms with van der Waals surface area (Å²) in [5.74, 6) is -4.50. The van der Waals surface area contributed by atoms with Gasteiger partial charge in [-0.05, 0) is 92.4 Å². The second-order valence-corrected chi connectivity index (χ2v) is 14.2. The molecule has 6 atom stereocenters. The van der Waals surface area contributed by atoms with Crippen molar-refractivity contribution in [2.45, 2.75) is 25.7 Å². The molecule has 0 spiro atoms. The zero-order chi connectivity index (χ0) is 34.5. The van der Waals surface area contributed by atoms with Gasteiger partial charge in [0.15, 0.2) is 5.58 Å². The lowest BCUT2D eigenvalue weighted by molar-refractivity contribution is -0.131. The molecule has 6 unspecified atom stereocenters. The number of anilines is 2. The highest BCUT2D eigenvalue weighted by molar-refractivity contribution is 6.30. The summed E-state index contributed by atoms with van der Waals surface area (Å²) in [7, 11) is 0. The number of allylic oxidation sites excluding steroid dienone is 2. The predicted octanol–water partition coefficient (Wildman–Crippen LogP) is 7.29. The number of fused-ring (bicyclic) bond motifs is 5. The van der Waals surface area contributed by atoms with Gasteiger partial charge in [0.1, 0.15) is 11.3 Å². The lowest BCUT2D eigenvalue weighted by atomic mass is 9.51. The molecule has 248 valence electrons. The Morgan fingerprint density at radius 2 is 1.54 bits per heavy atom. The Hall–Kier alpha value is -5.54. The van der Waals surface area contributed by atoms with E-state index < -0.39 is 35.0 Å². The summed E-state index contributed by atoms with van der Waals surface area (Å²) in [5.41, 5.74) is 2.89. The van der Waals surface area contributed by atoms with Crippen molar-refractivity contribution in [3.63, 3.8) is 0 Å². The van der Waals surface area contributed by atoms with E-state index in [0.29, 0.717) is 39.0 Å². The minimum absolute atomic E-state index is 0.0593. The van der Waals surface area contributed by atoms with Crippen LogP contribution < -0.4 is 9.80 Å². The number of hydrogen-bond acceptors (Lipinski definition) is 7. The number of phenols is 1. The summed E-state index contributed by atoms with van der Waals surface area (Å²) in [6, 6.07) is 27.9. The fourth-order valence-electron chi connectivity index (χ4n) is 8.94. The summed E-state index contributed by atoms with van der Waals surface area (Å²) in [5, 5.41) is 11.6. The van der Waals surface area contributed by atoms with Crippen LogP contribution in [0, 0.1) is 29.1 Å². The van der Waals surface area contributed by atoms with Crippen LogP contribution in [0.4, 0.5) is 11.4 Å². The average Bonchev–Trinajstić information content (AvgIpc) is 3.73. The standard InChI is InChI=1S/C40H30ClN3O6/c1-40-29(37(47)44(39(40)49)23-7-3-2-4-8-23)20-27-25(34(40)28-19-22(41)13-18-31(28)45)16-17-26-33(27)38(48)43(36(26)46)24-14-11-21(12-15-24)35-42-30-9-5-6-10-32(30)50-35/h2-16,18-19,26-27,29,33-34,45H,17,20H2,1H3. The van der Waals surface area contributed by atoms with Crippen molar-refractivity contribution in [1.29, 1.82) is 0 Å². The van der Waals surface area contributed by atoms with Gasteiger partial charge in [-0.25, -0.2) is 9.88 Å². The third-order valence-electron chi connectivity index (χ3n) is 11.3. The highest BCUT2D eigenvalue weighted by Crippen LogP contribution is 2.64. The first-order chi connectivity index (χ1) is 24.2. The minimum Gasteiger partial charge on any atom is -0.508 e. The van der Waals surface area contributed by atoms with Crippen LogP contribution in [0.1, 0.15) is 31.2 Å². The molecule has 9 rings (SSSR count). The number of oxazole rings is 1. The number of nitrogens with zero attached hydrogens (tertiary/aromatic N) is 3. The fourth-order valence-corrected chi connectivity index (χ4v) is 9.12. The largest absolute Gasteiger partial charge is 0.508 e. The number of carbonyl (C=O) groups excluding carboxylic acids is 4. The molecule has 3 heterocycles. The summed E-state index contributed by atoms with van der Waals surface area (Å²) < 4.78 is 5.91. The second kappa shape index (κ2) is 11.0. The van der Waals surface area contributed by atoms with Crippen LogP contribution in [0.15, 0.2) is 113 Å². The lowest BCUT2D eigenvalue weighted by Gasteiger charge is -2.49. The Labute approximate surface area is 291 Å². The third kappa shape index (κ3) is 4.22. The SMILES string of the molecule is CC12C(=O)N(c3ccccc3)C(=O)C1CC1C(=CCC3C(=O)N(c4ccc(-c5nc6ccccc6o5)cc4)C(=O)C31)C2c1cc(Cl)ccc1O. The van der Waals surface area contributed by atoms with Gasteiger partial charge in [0.25, 0.3) is 0 Å². The van der Waals surface area contributed by atoms with Crippen LogP contribution in [0.2, 0.25) is 5.02 Å². The van der Waals surface area contributed by atoms with Crippen molar-refractivity contribution in [2.75, 3.05) is 9.80 Å². The zero-order valence-electron chi connectivity index (χ0n) is 26.8. The molecule has 10 heteroatoms. The van der Waals surface area contributed by atoms with Gasteiger partial charge in [-0.3, -0.25) is 24.1 Å². The first-order valence-electron chi connectivity index (χ1n) is 16.6. The van der Waals surface area contributed by atoms with Crippen LogP contribution in [-0.2, 0) is 19.2 Å². The van der Waals surface area contributed by atoms with Crippen molar-refractivity contribution >= 4 is 57.7 Å². The lowest BCUT2D eigenvalue weighted by Crippen LogP contribution is -2.48. The first-order valence-corrected chi connectivity index (χ1v) is 17.0. The molecular weight excluding hydrogens is 654 g/mol. The van der Waals surface area contributed by atoms with Crippen LogP contribution in [-0.4, -0.2) is 33.7 Å². The number of hydrogen-bond donors (Lipinski definition) is 1. The highest BCUT2D eigenvalue weighted by atomic mass is 35.5.